The topological polar surface area (TPSA) is 54.4 Å². The van der Waals surface area contributed by atoms with Crippen molar-refractivity contribution in [3.05, 3.63) is 70.8 Å². The summed E-state index contributed by atoms with van der Waals surface area (Å²) in [4.78, 5) is 23.1. The number of aliphatic carboxylic acids is 1. The minimum absolute atomic E-state index is 0.118. The molecule has 0 aromatic heterocycles. The van der Waals surface area contributed by atoms with Crippen molar-refractivity contribution in [1.82, 2.24) is 0 Å². The monoisotopic (exact) mass is 805 g/mol. The van der Waals surface area contributed by atoms with Gasteiger partial charge in [-0.15, -0.1) is 0 Å². The molecule has 0 aliphatic rings. The molecule has 2 rings (SSSR count). The number of benzene rings is 2. The van der Waals surface area contributed by atoms with Crippen LogP contribution in [0.15, 0.2) is 48.5 Å². The van der Waals surface area contributed by atoms with E-state index >= 15 is 0 Å². The van der Waals surface area contributed by atoms with Gasteiger partial charge in [0, 0.05) is 6.42 Å². The zero-order chi connectivity index (χ0) is 25.2. The van der Waals surface area contributed by atoms with Gasteiger partial charge in [0.15, 0.2) is 0 Å². The molecule has 0 amide bonds. The normalized spacial score (nSPS) is 7.84. The molecule has 7 heteroatoms. The maximum absolute atomic E-state index is 10.8. The number of aryl methyl sites for hydroxylation is 2. The van der Waals surface area contributed by atoms with E-state index in [-0.39, 0.29) is 12.2 Å². The Labute approximate surface area is 232 Å². The van der Waals surface area contributed by atoms with Gasteiger partial charge in [0.25, 0.3) is 0 Å². The minimum atomic E-state index is -0.778. The van der Waals surface area contributed by atoms with Crippen LogP contribution in [-0.4, -0.2) is 21.8 Å². The summed E-state index contributed by atoms with van der Waals surface area (Å²) in [6, 6.07) is 15.5. The Hall–Kier alpha value is 0.354. The first-order valence-electron chi connectivity index (χ1n) is 9.92. The quantitative estimate of drug-likeness (QED) is 0.249. The number of halogens is 3. The Bertz CT molecular complexity index is 623. The first-order valence-corrected chi connectivity index (χ1v) is 21.1. The summed E-state index contributed by atoms with van der Waals surface area (Å²) < 4.78 is 0. The van der Waals surface area contributed by atoms with Gasteiger partial charge >= 0.3 is 55.4 Å². The molecule has 3 nitrogen and oxygen atoms in total. The molecular weight excluding hydrogens is 768 g/mol. The van der Waals surface area contributed by atoms with E-state index in [2.05, 4.69) is 62.5 Å². The van der Waals surface area contributed by atoms with Crippen LogP contribution in [0.2, 0.25) is 0 Å². The van der Waals surface area contributed by atoms with Gasteiger partial charge < -0.3 is 5.11 Å². The molecule has 0 bridgehead atoms. The van der Waals surface area contributed by atoms with E-state index in [4.69, 9.17) is 5.11 Å². The first kappa shape index (κ1) is 38.6. The molecule has 0 atom stereocenters. The van der Waals surface area contributed by atoms with Crippen molar-refractivity contribution in [2.24, 2.45) is 0 Å². The van der Waals surface area contributed by atoms with Crippen molar-refractivity contribution in [3.8, 4) is 0 Å². The summed E-state index contributed by atoms with van der Waals surface area (Å²) in [5.41, 5.74) is 4.26. The number of rotatable bonds is 4. The number of ketones is 1. The van der Waals surface area contributed by atoms with Crippen LogP contribution in [-0.2, 0) is 31.9 Å². The number of Topliss-reactive ketones (excluding diaryl/α,β-unsaturated/α-hetero) is 1. The summed E-state index contributed by atoms with van der Waals surface area (Å²) in [7, 11) is 0.628. The number of carboxylic acids is 1. The molecule has 0 spiro atoms. The second-order valence-corrected chi connectivity index (χ2v) is 17.2. The number of hydrogen-bond donors (Lipinski definition) is 1. The Morgan fingerprint density at radius 3 is 1.32 bits per heavy atom. The van der Waals surface area contributed by atoms with Crippen LogP contribution in [0.25, 0.3) is 0 Å². The molecular formula is C24H37I3O3V. The first-order chi connectivity index (χ1) is 14.8. The Morgan fingerprint density at radius 1 is 0.774 bits per heavy atom. The summed E-state index contributed by atoms with van der Waals surface area (Å²) in [6.45, 7) is 13.6. The average Bonchev–Trinajstić information content (AvgIpc) is 2.76. The summed E-state index contributed by atoms with van der Waals surface area (Å²) >= 11 is 6.89. The SMILES string of the molecule is CC.CC.CC(=O)Cc1ccccc1C.CI.Cc1ccccc1CC(=O)O.[I][V][I]. The van der Waals surface area contributed by atoms with E-state index in [1.807, 2.05) is 95.0 Å². The number of carbonyl (C=O) groups excluding carboxylic acids is 1. The van der Waals surface area contributed by atoms with Crippen LogP contribution >= 0.6 is 62.5 Å². The number of hydrogen-bond acceptors (Lipinski definition) is 2. The van der Waals surface area contributed by atoms with Gasteiger partial charge in [0.05, 0.1) is 6.42 Å². The van der Waals surface area contributed by atoms with Crippen molar-refractivity contribution >= 4 is 74.3 Å². The number of carboxylic acid groups (broad SMARTS) is 1. The third-order valence-corrected chi connectivity index (χ3v) is 3.30. The molecule has 0 aliphatic carbocycles. The molecule has 177 valence electrons. The van der Waals surface area contributed by atoms with Gasteiger partial charge in [-0.05, 0) is 48.0 Å². The van der Waals surface area contributed by atoms with Crippen LogP contribution in [0.4, 0.5) is 0 Å². The van der Waals surface area contributed by atoms with E-state index in [1.165, 1.54) is 5.56 Å². The van der Waals surface area contributed by atoms with Gasteiger partial charge in [-0.25, -0.2) is 0 Å². The molecule has 0 saturated heterocycles. The number of carbonyl (C=O) groups is 2. The standard InChI is InChI=1S/C10H12O.C9H10O2.2C2H6.CH3I.2HI.V/c1-8-5-3-4-6-10(8)7-9(2)11;1-7-4-2-3-5-8(7)6-9(10)11;3*1-2;;;/h3-6H,7H2,1-2H3;2-5H,6H2,1H3,(H,10,11);2*1-2H3;1H3;2*1H;/q;;;;;;;+2/p-2. The predicted molar refractivity (Wildman–Crippen MR) is 159 cm³/mol. The van der Waals surface area contributed by atoms with Crippen molar-refractivity contribution in [2.75, 3.05) is 4.93 Å². The third-order valence-electron chi connectivity index (χ3n) is 3.30. The Kier molecular flexibility index (Phi) is 37.8. The zero-order valence-corrected chi connectivity index (χ0v) is 27.7. The van der Waals surface area contributed by atoms with Crippen molar-refractivity contribution in [1.29, 1.82) is 0 Å². The van der Waals surface area contributed by atoms with Gasteiger partial charge in [-0.3, -0.25) is 9.59 Å². The summed E-state index contributed by atoms with van der Waals surface area (Å²) in [5.74, 6) is -0.557. The maximum atomic E-state index is 10.8. The average molecular weight is 805 g/mol. The molecule has 0 saturated carbocycles. The molecule has 2 aromatic rings. The molecule has 1 N–H and O–H groups in total. The van der Waals surface area contributed by atoms with Crippen LogP contribution in [0, 0.1) is 13.8 Å². The van der Waals surface area contributed by atoms with Crippen molar-refractivity contribution in [2.45, 2.75) is 61.3 Å². The molecule has 0 unspecified atom stereocenters. The van der Waals surface area contributed by atoms with Gasteiger partial charge in [-0.1, -0.05) is 98.8 Å². The fraction of sp³-hybridized carbons (Fsp3) is 0.417. The summed E-state index contributed by atoms with van der Waals surface area (Å²) in [6.07, 6.45) is 0.680. The Morgan fingerprint density at radius 2 is 1.06 bits per heavy atom. The van der Waals surface area contributed by atoms with Crippen molar-refractivity contribution in [3.63, 3.8) is 0 Å². The molecule has 2 aromatic carbocycles. The second-order valence-electron chi connectivity index (χ2n) is 5.37. The van der Waals surface area contributed by atoms with Crippen molar-refractivity contribution < 1.29 is 24.2 Å². The fourth-order valence-electron chi connectivity index (χ4n) is 2.05. The van der Waals surface area contributed by atoms with Crippen LogP contribution < -0.4 is 0 Å². The van der Waals surface area contributed by atoms with E-state index < -0.39 is 5.97 Å². The van der Waals surface area contributed by atoms with Gasteiger partial charge in [0.1, 0.15) is 5.78 Å². The van der Waals surface area contributed by atoms with Crippen LogP contribution in [0.1, 0.15) is 56.9 Å². The zero-order valence-electron chi connectivity index (χ0n) is 19.9. The van der Waals surface area contributed by atoms with E-state index in [1.54, 1.807) is 6.92 Å². The van der Waals surface area contributed by atoms with Crippen LogP contribution in [0.5, 0.6) is 0 Å². The third kappa shape index (κ3) is 26.5. The molecule has 0 heterocycles. The summed E-state index contributed by atoms with van der Waals surface area (Å²) in [5, 5.41) is 8.49. The molecule has 31 heavy (non-hydrogen) atoms. The fourth-order valence-corrected chi connectivity index (χ4v) is 2.05. The van der Waals surface area contributed by atoms with Crippen LogP contribution in [0.3, 0.4) is 0 Å². The van der Waals surface area contributed by atoms with E-state index in [0.717, 1.165) is 16.7 Å². The second kappa shape index (κ2) is 30.4. The van der Waals surface area contributed by atoms with E-state index in [0.29, 0.717) is 15.9 Å². The number of alkyl halides is 1. The molecule has 0 radical (unpaired) electrons. The molecule has 0 fully saturated rings. The van der Waals surface area contributed by atoms with Gasteiger partial charge in [0.2, 0.25) is 0 Å². The molecule has 0 aliphatic heterocycles. The van der Waals surface area contributed by atoms with Gasteiger partial charge in [-0.2, -0.15) is 0 Å². The Balaban J connectivity index is -0.000000172. The van der Waals surface area contributed by atoms with E-state index in [9.17, 15) is 9.59 Å². The predicted octanol–water partition coefficient (Wildman–Crippen LogP) is 8.62.